The van der Waals surface area contributed by atoms with Crippen LogP contribution in [-0.4, -0.2) is 29.1 Å². The molecular weight excluding hydrogens is 176 g/mol. The highest BCUT2D eigenvalue weighted by atomic mass is 35.5. The number of halogens is 1. The van der Waals surface area contributed by atoms with Crippen molar-refractivity contribution >= 4 is 17.4 Å². The highest BCUT2D eigenvalue weighted by Crippen LogP contribution is 2.08. The molecule has 0 aliphatic carbocycles. The maximum atomic E-state index is 5.66. The van der Waals surface area contributed by atoms with E-state index in [0.29, 0.717) is 11.2 Å². The van der Waals surface area contributed by atoms with Gasteiger partial charge < -0.3 is 10.6 Å². The van der Waals surface area contributed by atoms with Gasteiger partial charge in [-0.05, 0) is 0 Å². The van der Waals surface area contributed by atoms with Gasteiger partial charge in [0.25, 0.3) is 0 Å². The van der Waals surface area contributed by atoms with Crippen LogP contribution in [0.3, 0.4) is 0 Å². The van der Waals surface area contributed by atoms with Gasteiger partial charge in [0.15, 0.2) is 0 Å². The minimum atomic E-state index is 0.423. The third-order valence-electron chi connectivity index (χ3n) is 1.74. The molecule has 1 aliphatic rings. The SMILES string of the molecule is Clc1cncc(NC2CNC2)n1. The van der Waals surface area contributed by atoms with E-state index < -0.39 is 0 Å². The summed E-state index contributed by atoms with van der Waals surface area (Å²) in [4.78, 5) is 7.98. The third-order valence-corrected chi connectivity index (χ3v) is 1.92. The lowest BCUT2D eigenvalue weighted by Crippen LogP contribution is -2.51. The summed E-state index contributed by atoms with van der Waals surface area (Å²) >= 11 is 5.66. The molecule has 0 saturated carbocycles. The van der Waals surface area contributed by atoms with E-state index in [1.54, 1.807) is 6.20 Å². The van der Waals surface area contributed by atoms with Crippen LogP contribution in [0.5, 0.6) is 0 Å². The summed E-state index contributed by atoms with van der Waals surface area (Å²) in [6.45, 7) is 1.96. The van der Waals surface area contributed by atoms with E-state index in [0.717, 1.165) is 18.9 Å². The van der Waals surface area contributed by atoms with Crippen LogP contribution in [0.25, 0.3) is 0 Å². The monoisotopic (exact) mass is 184 g/mol. The van der Waals surface area contributed by atoms with Crippen molar-refractivity contribution in [3.8, 4) is 0 Å². The van der Waals surface area contributed by atoms with Crippen LogP contribution < -0.4 is 10.6 Å². The Bertz CT molecular complexity index is 274. The summed E-state index contributed by atoms with van der Waals surface area (Å²) in [7, 11) is 0. The molecule has 2 heterocycles. The topological polar surface area (TPSA) is 49.8 Å². The molecule has 5 heteroatoms. The Balaban J connectivity index is 2.02. The summed E-state index contributed by atoms with van der Waals surface area (Å²) in [6.07, 6.45) is 3.19. The molecule has 0 aromatic carbocycles. The van der Waals surface area contributed by atoms with Gasteiger partial charge in [-0.3, -0.25) is 4.98 Å². The molecule has 1 aromatic rings. The maximum absolute atomic E-state index is 5.66. The Morgan fingerprint density at radius 1 is 1.50 bits per heavy atom. The summed E-state index contributed by atoms with van der Waals surface area (Å²) in [5.74, 6) is 0.744. The molecule has 0 unspecified atom stereocenters. The molecule has 0 amide bonds. The number of hydrogen-bond donors (Lipinski definition) is 2. The summed E-state index contributed by atoms with van der Waals surface area (Å²) < 4.78 is 0. The highest BCUT2D eigenvalue weighted by molar-refractivity contribution is 6.29. The number of anilines is 1. The molecular formula is C7H9ClN4. The minimum absolute atomic E-state index is 0.423. The van der Waals surface area contributed by atoms with Gasteiger partial charge in [-0.15, -0.1) is 0 Å². The minimum Gasteiger partial charge on any atom is -0.363 e. The number of aromatic nitrogens is 2. The van der Waals surface area contributed by atoms with Crippen LogP contribution in [-0.2, 0) is 0 Å². The van der Waals surface area contributed by atoms with E-state index in [-0.39, 0.29) is 0 Å². The zero-order valence-corrected chi connectivity index (χ0v) is 7.17. The normalized spacial score (nSPS) is 17.1. The first-order valence-electron chi connectivity index (χ1n) is 3.79. The van der Waals surface area contributed by atoms with Crippen molar-refractivity contribution in [1.29, 1.82) is 0 Å². The summed E-state index contributed by atoms with van der Waals surface area (Å²) in [6, 6.07) is 0.470. The Labute approximate surface area is 75.4 Å². The van der Waals surface area contributed by atoms with Crippen LogP contribution in [0.4, 0.5) is 5.82 Å². The second-order valence-corrected chi connectivity index (χ2v) is 3.11. The molecule has 64 valence electrons. The maximum Gasteiger partial charge on any atom is 0.149 e. The fraction of sp³-hybridized carbons (Fsp3) is 0.429. The predicted molar refractivity (Wildman–Crippen MR) is 47.3 cm³/mol. The van der Waals surface area contributed by atoms with Crippen molar-refractivity contribution in [3.05, 3.63) is 17.5 Å². The van der Waals surface area contributed by atoms with Gasteiger partial charge in [-0.25, -0.2) is 4.98 Å². The molecule has 4 nitrogen and oxygen atoms in total. The van der Waals surface area contributed by atoms with Crippen LogP contribution in [0.15, 0.2) is 12.4 Å². The van der Waals surface area contributed by atoms with Crippen molar-refractivity contribution < 1.29 is 0 Å². The molecule has 2 rings (SSSR count). The van der Waals surface area contributed by atoms with Gasteiger partial charge in [-0.2, -0.15) is 0 Å². The standard InChI is InChI=1S/C7H9ClN4/c8-6-3-10-4-7(12-6)11-5-1-9-2-5/h3-5,9H,1-2H2,(H,11,12). The van der Waals surface area contributed by atoms with E-state index >= 15 is 0 Å². The second-order valence-electron chi connectivity index (χ2n) is 2.73. The smallest absolute Gasteiger partial charge is 0.149 e. The van der Waals surface area contributed by atoms with Gasteiger partial charge in [0.05, 0.1) is 18.4 Å². The first-order chi connectivity index (χ1) is 5.84. The second kappa shape index (κ2) is 3.25. The van der Waals surface area contributed by atoms with Crippen molar-refractivity contribution in [2.75, 3.05) is 18.4 Å². The predicted octanol–water partition coefficient (Wildman–Crippen LogP) is 0.514. The Kier molecular flexibility index (Phi) is 2.10. The Morgan fingerprint density at radius 3 is 2.92 bits per heavy atom. The van der Waals surface area contributed by atoms with E-state index in [4.69, 9.17) is 11.6 Å². The van der Waals surface area contributed by atoms with E-state index in [2.05, 4.69) is 20.6 Å². The summed E-state index contributed by atoms with van der Waals surface area (Å²) in [5, 5.41) is 6.77. The van der Waals surface area contributed by atoms with Crippen LogP contribution in [0, 0.1) is 0 Å². The van der Waals surface area contributed by atoms with Crippen LogP contribution in [0.2, 0.25) is 5.15 Å². The van der Waals surface area contributed by atoms with Gasteiger partial charge in [0.2, 0.25) is 0 Å². The molecule has 2 N–H and O–H groups in total. The van der Waals surface area contributed by atoms with Gasteiger partial charge in [0.1, 0.15) is 11.0 Å². The first-order valence-corrected chi connectivity index (χ1v) is 4.17. The first kappa shape index (κ1) is 7.76. The highest BCUT2D eigenvalue weighted by Gasteiger charge is 2.16. The van der Waals surface area contributed by atoms with Crippen LogP contribution >= 0.6 is 11.6 Å². The van der Waals surface area contributed by atoms with E-state index in [1.807, 2.05) is 0 Å². The molecule has 1 aliphatic heterocycles. The molecule has 1 saturated heterocycles. The fourth-order valence-corrected chi connectivity index (χ4v) is 1.16. The average molecular weight is 185 g/mol. The Hall–Kier alpha value is -0.870. The number of nitrogens with one attached hydrogen (secondary N) is 2. The average Bonchev–Trinajstić information content (AvgIpc) is 1.97. The van der Waals surface area contributed by atoms with Crippen molar-refractivity contribution in [2.24, 2.45) is 0 Å². The quantitative estimate of drug-likeness (QED) is 0.704. The molecule has 0 atom stereocenters. The molecule has 1 aromatic heterocycles. The Morgan fingerprint density at radius 2 is 2.33 bits per heavy atom. The van der Waals surface area contributed by atoms with Crippen molar-refractivity contribution in [2.45, 2.75) is 6.04 Å². The lowest BCUT2D eigenvalue weighted by molar-refractivity contribution is 0.471. The zero-order valence-electron chi connectivity index (χ0n) is 6.42. The lowest BCUT2D eigenvalue weighted by Gasteiger charge is -2.28. The van der Waals surface area contributed by atoms with Gasteiger partial charge in [-0.1, -0.05) is 11.6 Å². The molecule has 0 radical (unpaired) electrons. The van der Waals surface area contributed by atoms with Crippen LogP contribution in [0.1, 0.15) is 0 Å². The number of hydrogen-bond acceptors (Lipinski definition) is 4. The molecule has 12 heavy (non-hydrogen) atoms. The fourth-order valence-electron chi connectivity index (χ4n) is 1.01. The third kappa shape index (κ3) is 1.65. The zero-order chi connectivity index (χ0) is 8.39. The molecule has 1 fully saturated rings. The lowest BCUT2D eigenvalue weighted by atomic mass is 10.2. The number of nitrogens with zero attached hydrogens (tertiary/aromatic N) is 2. The van der Waals surface area contributed by atoms with E-state index in [1.165, 1.54) is 6.20 Å². The van der Waals surface area contributed by atoms with Gasteiger partial charge in [0, 0.05) is 13.1 Å². The largest absolute Gasteiger partial charge is 0.363 e. The van der Waals surface area contributed by atoms with Crippen molar-refractivity contribution in [1.82, 2.24) is 15.3 Å². The van der Waals surface area contributed by atoms with E-state index in [9.17, 15) is 0 Å². The number of rotatable bonds is 2. The molecule has 0 spiro atoms. The summed E-state index contributed by atoms with van der Waals surface area (Å²) in [5.41, 5.74) is 0. The van der Waals surface area contributed by atoms with Gasteiger partial charge >= 0.3 is 0 Å². The van der Waals surface area contributed by atoms with Crippen molar-refractivity contribution in [3.63, 3.8) is 0 Å². The molecule has 0 bridgehead atoms.